The van der Waals surface area contributed by atoms with Crippen molar-refractivity contribution in [2.24, 2.45) is 0 Å². The minimum Gasteiger partial charge on any atom is -0.278 e. The molecule has 0 unspecified atom stereocenters. The zero-order chi connectivity index (χ0) is 15.8. The van der Waals surface area contributed by atoms with Crippen LogP contribution in [0.4, 0.5) is 14.5 Å². The Bertz CT molecular complexity index is 794. The maximum absolute atomic E-state index is 13.8. The lowest BCUT2D eigenvalue weighted by atomic mass is 10.3. The molecule has 0 saturated carbocycles. The number of benzene rings is 2. The van der Waals surface area contributed by atoms with Gasteiger partial charge >= 0.3 is 0 Å². The molecule has 2 aromatic rings. The lowest BCUT2D eigenvalue weighted by Crippen LogP contribution is -2.16. The van der Waals surface area contributed by atoms with Crippen molar-refractivity contribution in [3.05, 3.63) is 55.0 Å². The molecule has 0 aliphatic rings. The monoisotopic (exact) mass is 507 g/mol. The molecular formula is C12H6BrClF2INO2S. The van der Waals surface area contributed by atoms with Crippen LogP contribution < -0.4 is 4.72 Å². The molecule has 112 valence electrons. The Morgan fingerprint density at radius 2 is 1.86 bits per heavy atom. The van der Waals surface area contributed by atoms with Gasteiger partial charge in [-0.2, -0.15) is 0 Å². The van der Waals surface area contributed by atoms with Crippen LogP contribution in [0.15, 0.2) is 39.7 Å². The predicted molar refractivity (Wildman–Crippen MR) is 89.0 cm³/mol. The largest absolute Gasteiger partial charge is 0.278 e. The van der Waals surface area contributed by atoms with Crippen molar-refractivity contribution < 1.29 is 17.2 Å². The number of halogens is 5. The van der Waals surface area contributed by atoms with Crippen LogP contribution in [-0.4, -0.2) is 8.42 Å². The third kappa shape index (κ3) is 3.85. The number of hydrogen-bond acceptors (Lipinski definition) is 2. The molecule has 0 saturated heterocycles. The zero-order valence-electron chi connectivity index (χ0n) is 10.0. The molecule has 0 atom stereocenters. The van der Waals surface area contributed by atoms with Gasteiger partial charge in [-0.1, -0.05) is 11.6 Å². The van der Waals surface area contributed by atoms with Crippen LogP contribution in [-0.2, 0) is 10.0 Å². The molecule has 0 amide bonds. The Kier molecular flexibility index (Phi) is 5.11. The smallest absolute Gasteiger partial charge is 0.266 e. The van der Waals surface area contributed by atoms with Crippen molar-refractivity contribution in [1.82, 2.24) is 0 Å². The first-order valence-corrected chi connectivity index (χ1v) is 9.06. The summed E-state index contributed by atoms with van der Waals surface area (Å²) >= 11 is 10.8. The van der Waals surface area contributed by atoms with Crippen molar-refractivity contribution in [2.75, 3.05) is 4.72 Å². The molecule has 3 nitrogen and oxygen atoms in total. The molecule has 0 aliphatic carbocycles. The Labute approximate surface area is 147 Å². The molecule has 0 heterocycles. The normalized spacial score (nSPS) is 11.5. The van der Waals surface area contributed by atoms with Crippen LogP contribution in [0.3, 0.4) is 0 Å². The average molecular weight is 509 g/mol. The van der Waals surface area contributed by atoms with E-state index in [0.717, 1.165) is 9.64 Å². The highest BCUT2D eigenvalue weighted by Crippen LogP contribution is 2.30. The first-order valence-electron chi connectivity index (χ1n) is 5.33. The molecule has 2 aromatic carbocycles. The van der Waals surface area contributed by atoms with Crippen LogP contribution in [0.1, 0.15) is 0 Å². The second-order valence-corrected chi connectivity index (χ2v) is 8.05. The van der Waals surface area contributed by atoms with Gasteiger partial charge in [-0.05, 0) is 62.8 Å². The van der Waals surface area contributed by atoms with Crippen LogP contribution in [0.5, 0.6) is 0 Å². The molecule has 0 radical (unpaired) electrons. The van der Waals surface area contributed by atoms with Crippen molar-refractivity contribution in [1.29, 1.82) is 0 Å². The Hall–Kier alpha value is -0.450. The summed E-state index contributed by atoms with van der Waals surface area (Å²) in [7, 11) is -4.25. The van der Waals surface area contributed by atoms with Gasteiger partial charge in [-0.15, -0.1) is 0 Å². The predicted octanol–water partition coefficient (Wildman–Crippen LogP) is 4.79. The van der Waals surface area contributed by atoms with Gasteiger partial charge in [0.2, 0.25) is 0 Å². The van der Waals surface area contributed by atoms with Gasteiger partial charge in [0, 0.05) is 14.1 Å². The minimum atomic E-state index is -4.25. The third-order valence-electron chi connectivity index (χ3n) is 2.41. The van der Waals surface area contributed by atoms with Gasteiger partial charge in [0.05, 0.1) is 10.7 Å². The summed E-state index contributed by atoms with van der Waals surface area (Å²) < 4.78 is 54.0. The minimum absolute atomic E-state index is 0.104. The lowest BCUT2D eigenvalue weighted by Gasteiger charge is -2.12. The van der Waals surface area contributed by atoms with E-state index in [0.29, 0.717) is 6.07 Å². The Balaban J connectivity index is 2.48. The second kappa shape index (κ2) is 6.35. The van der Waals surface area contributed by atoms with Crippen molar-refractivity contribution in [3.63, 3.8) is 0 Å². The van der Waals surface area contributed by atoms with Crippen molar-refractivity contribution in [3.8, 4) is 0 Å². The van der Waals surface area contributed by atoms with Crippen LogP contribution in [0, 0.1) is 15.2 Å². The summed E-state index contributed by atoms with van der Waals surface area (Å²) in [6, 6.07) is 6.01. The summed E-state index contributed by atoms with van der Waals surface area (Å²) in [4.78, 5) is -0.682. The molecule has 1 N–H and O–H groups in total. The number of sulfonamides is 1. The molecule has 0 fully saturated rings. The van der Waals surface area contributed by atoms with E-state index in [4.69, 9.17) is 11.6 Å². The highest BCUT2D eigenvalue weighted by molar-refractivity contribution is 14.1. The Morgan fingerprint density at radius 3 is 2.43 bits per heavy atom. The van der Waals surface area contributed by atoms with E-state index < -0.39 is 26.6 Å². The van der Waals surface area contributed by atoms with Gasteiger partial charge in [0.1, 0.15) is 16.5 Å². The average Bonchev–Trinajstić information content (AvgIpc) is 2.30. The summed E-state index contributed by atoms with van der Waals surface area (Å²) in [5.41, 5.74) is 0.104. The van der Waals surface area contributed by atoms with Gasteiger partial charge in [0.15, 0.2) is 0 Å². The van der Waals surface area contributed by atoms with Gasteiger partial charge < -0.3 is 0 Å². The quantitative estimate of drug-likeness (QED) is 0.607. The summed E-state index contributed by atoms with van der Waals surface area (Å²) in [5, 5.41) is 0.170. The van der Waals surface area contributed by atoms with Crippen molar-refractivity contribution >= 4 is 65.8 Å². The van der Waals surface area contributed by atoms with Crippen LogP contribution >= 0.6 is 50.1 Å². The van der Waals surface area contributed by atoms with Gasteiger partial charge in [-0.25, -0.2) is 17.2 Å². The summed E-state index contributed by atoms with van der Waals surface area (Å²) in [6.45, 7) is 0. The first-order chi connectivity index (χ1) is 9.70. The lowest BCUT2D eigenvalue weighted by molar-refractivity contribution is 0.548. The molecule has 21 heavy (non-hydrogen) atoms. The molecule has 9 heteroatoms. The van der Waals surface area contributed by atoms with E-state index in [1.54, 1.807) is 12.1 Å². The van der Waals surface area contributed by atoms with E-state index in [1.165, 1.54) is 6.07 Å². The summed E-state index contributed by atoms with van der Waals surface area (Å²) in [5.74, 6) is -2.08. The van der Waals surface area contributed by atoms with Crippen LogP contribution in [0.2, 0.25) is 5.02 Å². The van der Waals surface area contributed by atoms with E-state index in [2.05, 4.69) is 20.7 Å². The second-order valence-electron chi connectivity index (χ2n) is 3.93. The van der Waals surface area contributed by atoms with E-state index in [-0.39, 0.29) is 15.2 Å². The number of hydrogen-bond donors (Lipinski definition) is 1. The van der Waals surface area contributed by atoms with Crippen LogP contribution in [0.25, 0.3) is 0 Å². The highest BCUT2D eigenvalue weighted by Gasteiger charge is 2.24. The molecule has 0 aromatic heterocycles. The molecule has 0 bridgehead atoms. The molecular weight excluding hydrogens is 502 g/mol. The maximum Gasteiger partial charge on any atom is 0.266 e. The highest BCUT2D eigenvalue weighted by atomic mass is 127. The molecule has 0 aliphatic heterocycles. The number of nitrogens with one attached hydrogen (secondary N) is 1. The SMILES string of the molecule is O=S(=O)(Nc1ccc(I)cc1Cl)c1c(F)cc(F)cc1Br. The third-order valence-corrected chi connectivity index (χ3v) is 5.72. The van der Waals surface area contributed by atoms with Gasteiger partial charge in [0.25, 0.3) is 10.0 Å². The standard InChI is InChI=1S/C12H6BrClF2INO2S/c13-8-3-6(15)4-10(16)12(8)21(19,20)18-11-2-1-7(17)5-9(11)14/h1-5,18H. The van der Waals surface area contributed by atoms with E-state index in [1.807, 2.05) is 22.6 Å². The van der Waals surface area contributed by atoms with Crippen molar-refractivity contribution in [2.45, 2.75) is 4.90 Å². The Morgan fingerprint density at radius 1 is 1.19 bits per heavy atom. The zero-order valence-corrected chi connectivity index (χ0v) is 15.3. The maximum atomic E-state index is 13.8. The van der Waals surface area contributed by atoms with E-state index in [9.17, 15) is 17.2 Å². The topological polar surface area (TPSA) is 46.2 Å². The molecule has 0 spiro atoms. The van der Waals surface area contributed by atoms with Gasteiger partial charge in [-0.3, -0.25) is 4.72 Å². The molecule has 2 rings (SSSR count). The van der Waals surface area contributed by atoms with E-state index >= 15 is 0 Å². The fourth-order valence-electron chi connectivity index (χ4n) is 1.55. The number of rotatable bonds is 3. The summed E-state index contributed by atoms with van der Waals surface area (Å²) in [6.07, 6.45) is 0. The fourth-order valence-corrected chi connectivity index (χ4v) is 4.76. The number of anilines is 1. The first kappa shape index (κ1) is 16.9. The fraction of sp³-hybridized carbons (Fsp3) is 0.